The van der Waals surface area contributed by atoms with Crippen LogP contribution in [-0.4, -0.2) is 171 Å². The zero-order valence-corrected chi connectivity index (χ0v) is 29.9. The molecule has 23 heteroatoms. The molecule has 0 aromatic heterocycles. The molecule has 270 valence electrons. The van der Waals surface area contributed by atoms with Crippen molar-refractivity contribution in [3.63, 3.8) is 0 Å². The van der Waals surface area contributed by atoms with Crippen LogP contribution in [0.1, 0.15) is 19.3 Å². The van der Waals surface area contributed by atoms with E-state index < -0.39 is 52.7 Å². The van der Waals surface area contributed by atoms with Crippen LogP contribution >= 0.6 is 22.4 Å². The first-order valence-corrected chi connectivity index (χ1v) is 20.2. The van der Waals surface area contributed by atoms with E-state index in [-0.39, 0.29) is 57.7 Å². The van der Waals surface area contributed by atoms with Gasteiger partial charge in [-0.2, -0.15) is 0 Å². The second kappa shape index (κ2) is 21.7. The molecule has 0 aromatic carbocycles. The normalized spacial score (nSPS) is 35.9. The van der Waals surface area contributed by atoms with Gasteiger partial charge in [0.25, 0.3) is 0 Å². The van der Waals surface area contributed by atoms with E-state index in [1.807, 2.05) is 0 Å². The highest BCUT2D eigenvalue weighted by Crippen LogP contribution is 2.42. The quantitative estimate of drug-likeness (QED) is 0.0949. The van der Waals surface area contributed by atoms with Gasteiger partial charge in [0, 0.05) is 72.5 Å². The monoisotopic (exact) mass is 728 g/mol. The van der Waals surface area contributed by atoms with E-state index in [0.717, 1.165) is 13.3 Å². The van der Waals surface area contributed by atoms with Gasteiger partial charge < -0.3 is 70.8 Å². The van der Waals surface area contributed by atoms with Crippen molar-refractivity contribution in [1.82, 2.24) is 5.09 Å². The Balaban J connectivity index is 0.000000359. The molecule has 16 nitrogen and oxygen atoms in total. The van der Waals surface area contributed by atoms with E-state index in [1.165, 1.54) is 14.2 Å². The van der Waals surface area contributed by atoms with Crippen molar-refractivity contribution >= 4 is 53.5 Å². The molecule has 3 heterocycles. The minimum atomic E-state index is -3.95. The molecule has 3 fully saturated rings. The summed E-state index contributed by atoms with van der Waals surface area (Å²) in [6, 6.07) is -1.81. The molecular weight excluding hydrogens is 678 g/mol. The second-order valence-electron chi connectivity index (χ2n) is 10.8. The fraction of sp³-hybridized carbons (Fsp3) is 1.00. The van der Waals surface area contributed by atoms with Gasteiger partial charge in [0.1, 0.15) is 55.6 Å². The molecule has 0 saturated carbocycles. The molecule has 0 aliphatic carbocycles. The summed E-state index contributed by atoms with van der Waals surface area (Å²) in [7, 11) is 11.6. The first-order chi connectivity index (χ1) is 21.7. The third-order valence-electron chi connectivity index (χ3n) is 6.46. The Morgan fingerprint density at radius 3 is 1.87 bits per heavy atom. The zero-order valence-electron chi connectivity index (χ0n) is 27.2. The number of ether oxygens (including phenoxy) is 7. The van der Waals surface area contributed by atoms with Crippen LogP contribution in [0.5, 0.6) is 0 Å². The summed E-state index contributed by atoms with van der Waals surface area (Å²) in [5.74, 6) is 0. The van der Waals surface area contributed by atoms with E-state index in [4.69, 9.17) is 70.9 Å². The Hall–Kier alpha value is 0.430. The molecule has 47 heavy (non-hydrogen) atoms. The topological polar surface area (TPSA) is 213 Å². The summed E-state index contributed by atoms with van der Waals surface area (Å²) in [5, 5.41) is 11.2. The summed E-state index contributed by atoms with van der Waals surface area (Å²) in [6.45, 7) is 4.96. The molecular formula is C24H49B4NO15P3-3. The summed E-state index contributed by atoms with van der Waals surface area (Å²) in [4.78, 5) is 22.3. The van der Waals surface area contributed by atoms with Crippen LogP contribution in [-0.2, 0) is 55.9 Å². The number of hydrogen-bond acceptors (Lipinski definition) is 15. The lowest BCUT2D eigenvalue weighted by molar-refractivity contribution is -0.205. The Labute approximate surface area is 283 Å². The van der Waals surface area contributed by atoms with Crippen LogP contribution in [0, 0.1) is 0 Å². The first kappa shape index (κ1) is 45.5. The first-order valence-electron chi connectivity index (χ1n) is 14.5. The summed E-state index contributed by atoms with van der Waals surface area (Å²) >= 11 is 0. The summed E-state index contributed by atoms with van der Waals surface area (Å²) in [5.41, 5.74) is 0. The Morgan fingerprint density at radius 2 is 1.36 bits per heavy atom. The predicted octanol–water partition coefficient (Wildman–Crippen LogP) is -2.59. The Kier molecular flexibility index (Phi) is 21.0. The zero-order chi connectivity index (χ0) is 36.0. The van der Waals surface area contributed by atoms with E-state index in [0.29, 0.717) is 32.5 Å². The lowest BCUT2D eigenvalue weighted by Gasteiger charge is -2.29. The van der Waals surface area contributed by atoms with Crippen LogP contribution in [0.3, 0.4) is 0 Å². The van der Waals surface area contributed by atoms with Crippen LogP contribution in [0.25, 0.3) is 0 Å². The second-order valence-corrected chi connectivity index (χ2v) is 15.6. The maximum absolute atomic E-state index is 11.6. The van der Waals surface area contributed by atoms with Gasteiger partial charge in [0.2, 0.25) is 0 Å². The summed E-state index contributed by atoms with van der Waals surface area (Å²) in [6.07, 6.45) is -1.27. The molecule has 0 spiro atoms. The minimum absolute atomic E-state index is 0.0241. The van der Waals surface area contributed by atoms with Gasteiger partial charge in [-0.1, -0.05) is 0 Å². The SMILES string of the molecule is [B][C@@H]1O[C@H](COC)C(OP(C)(=O)[O-])[C@@H]1OCCCO.[B][C@H]1CC(NP(C)(=O)[O-])[C@@H](COC)O1.[B][C@H]1CC(OP([BH3-])(C)=O)[C@@H](COC)O1. The molecule has 6 unspecified atom stereocenters. The lowest BCUT2D eigenvalue weighted by atomic mass is 9.93. The minimum Gasteiger partial charge on any atom is -0.788 e. The van der Waals surface area contributed by atoms with Crippen molar-refractivity contribution in [2.75, 3.05) is 74.4 Å². The lowest BCUT2D eigenvalue weighted by Crippen LogP contribution is -2.39. The average Bonchev–Trinajstić information content (AvgIpc) is 3.52. The van der Waals surface area contributed by atoms with Gasteiger partial charge in [-0.3, -0.25) is 5.09 Å². The summed E-state index contributed by atoms with van der Waals surface area (Å²) < 4.78 is 80.8. The molecule has 13 atom stereocenters. The van der Waals surface area contributed by atoms with Crippen molar-refractivity contribution < 1.29 is 70.8 Å². The maximum atomic E-state index is 11.6. The third kappa shape index (κ3) is 19.0. The molecule has 2 N–H and O–H groups in total. The number of hydrogen-bond donors (Lipinski definition) is 2. The van der Waals surface area contributed by atoms with Crippen molar-refractivity contribution in [1.29, 1.82) is 0 Å². The van der Waals surface area contributed by atoms with Crippen molar-refractivity contribution in [3.05, 3.63) is 0 Å². The fourth-order valence-corrected chi connectivity index (χ4v) is 6.95. The molecule has 6 radical (unpaired) electrons. The molecule has 3 aliphatic rings. The van der Waals surface area contributed by atoms with Crippen molar-refractivity contribution in [2.45, 2.75) is 79.9 Å². The molecule has 3 saturated heterocycles. The van der Waals surface area contributed by atoms with E-state index >= 15 is 0 Å². The van der Waals surface area contributed by atoms with Gasteiger partial charge in [-0.15, -0.1) is 0 Å². The largest absolute Gasteiger partial charge is 0.788 e. The van der Waals surface area contributed by atoms with Crippen LogP contribution in [0.4, 0.5) is 0 Å². The standard InChI is InChI=1S/C10H20BO7P.C7H16B2O4P.C7H15BNO4P/c1-15-6-7-8(18-19(2,13)14)9(10(11)17-7)16-5-3-4-12;1-11-4-6-5(3-7(8)12-6)13-14(2,9)10;1-12-4-6-5(3-7(8)13-6)9-14(2,10)11/h7-10,12H,3-6H2,1-2H3,(H,13,14);5-7H,3-4H2,1-2,9H3;5-7H,3-4H2,1-2H3,(H2,9,10,11)/q;-1;/p-2/t7-,8?,9+,10-;5?,6-,7-,14?;5?,6-,7-/m111/s1. The highest BCUT2D eigenvalue weighted by Gasteiger charge is 2.44. The third-order valence-corrected chi connectivity index (χ3v) is 8.46. The van der Waals surface area contributed by atoms with Crippen LogP contribution in [0.2, 0.25) is 0 Å². The Bertz CT molecular complexity index is 976. The van der Waals surface area contributed by atoms with Gasteiger partial charge in [0.05, 0.1) is 47.1 Å². The van der Waals surface area contributed by atoms with E-state index in [1.54, 1.807) is 13.8 Å². The van der Waals surface area contributed by atoms with Crippen molar-refractivity contribution in [2.24, 2.45) is 0 Å². The van der Waals surface area contributed by atoms with Gasteiger partial charge in [0.15, 0.2) is 0 Å². The molecule has 0 aromatic rings. The highest BCUT2D eigenvalue weighted by molar-refractivity contribution is 7.82. The van der Waals surface area contributed by atoms with Crippen LogP contribution in [0.15, 0.2) is 0 Å². The van der Waals surface area contributed by atoms with Gasteiger partial charge in [-0.05, 0) is 32.6 Å². The number of aliphatic hydroxyl groups is 1. The molecule has 0 bridgehead atoms. The fourth-order valence-electron chi connectivity index (χ4n) is 4.77. The Morgan fingerprint density at radius 1 is 0.830 bits per heavy atom. The molecule has 0 amide bonds. The van der Waals surface area contributed by atoms with E-state index in [9.17, 15) is 23.5 Å². The average molecular weight is 728 g/mol. The number of methoxy groups -OCH3 is 3. The molecule has 3 rings (SSSR count). The van der Waals surface area contributed by atoms with Crippen molar-refractivity contribution in [3.8, 4) is 0 Å². The highest BCUT2D eigenvalue weighted by atomic mass is 31.2. The van der Waals surface area contributed by atoms with Gasteiger partial charge in [-0.25, -0.2) is 0 Å². The smallest absolute Gasteiger partial charge is 0.132 e. The van der Waals surface area contributed by atoms with E-state index in [2.05, 4.69) is 5.09 Å². The molecule has 3 aliphatic heterocycles. The number of aliphatic hydroxyl groups excluding tert-OH is 1. The number of rotatable bonds is 16. The van der Waals surface area contributed by atoms with Crippen LogP contribution < -0.4 is 14.9 Å². The van der Waals surface area contributed by atoms with Gasteiger partial charge >= 0.3 is 0 Å². The number of nitrogens with one attached hydrogen (secondary N) is 1. The predicted molar refractivity (Wildman–Crippen MR) is 177 cm³/mol. The maximum Gasteiger partial charge on any atom is 0.132 e.